The van der Waals surface area contributed by atoms with Crippen molar-refractivity contribution in [2.45, 2.75) is 6.42 Å². The molecule has 2 atom stereocenters. The van der Waals surface area contributed by atoms with E-state index in [9.17, 15) is 4.39 Å². The lowest BCUT2D eigenvalue weighted by molar-refractivity contribution is 0.409. The van der Waals surface area contributed by atoms with E-state index in [1.54, 1.807) is 26.5 Å². The summed E-state index contributed by atoms with van der Waals surface area (Å²) < 4.78 is 25.1. The van der Waals surface area contributed by atoms with Crippen LogP contribution in [0.1, 0.15) is 12.1 Å². The maximum atomic E-state index is 14.1. The minimum Gasteiger partial charge on any atom is -0.496 e. The van der Waals surface area contributed by atoms with Gasteiger partial charge in [-0.1, -0.05) is 6.08 Å². The third kappa shape index (κ3) is 2.67. The van der Waals surface area contributed by atoms with Crippen molar-refractivity contribution in [2.75, 3.05) is 27.3 Å². The number of benzene rings is 1. The van der Waals surface area contributed by atoms with Gasteiger partial charge in [-0.15, -0.1) is 0 Å². The Morgan fingerprint density at radius 2 is 1.96 bits per heavy atom. The van der Waals surface area contributed by atoms with Crippen LogP contribution < -0.4 is 14.8 Å². The molecule has 2 aliphatic rings. The van der Waals surface area contributed by atoms with Crippen molar-refractivity contribution in [1.29, 1.82) is 0 Å². The van der Waals surface area contributed by atoms with Crippen molar-refractivity contribution in [2.24, 2.45) is 11.8 Å². The van der Waals surface area contributed by atoms with Gasteiger partial charge in [0, 0.05) is 28.8 Å². The highest BCUT2D eigenvalue weighted by molar-refractivity contribution is 5.99. The SMILES string of the molecule is COc1ccc(F)cc1-c1c(OC)cnc2[nH]c(C3=CC4CNCC4C3)cc12. The van der Waals surface area contributed by atoms with Crippen molar-refractivity contribution in [1.82, 2.24) is 15.3 Å². The number of H-pyrrole nitrogens is 1. The van der Waals surface area contributed by atoms with Gasteiger partial charge in [0.15, 0.2) is 0 Å². The molecule has 1 aliphatic carbocycles. The molecule has 2 aromatic heterocycles. The molecule has 1 aliphatic heterocycles. The lowest BCUT2D eigenvalue weighted by Crippen LogP contribution is -2.09. The minimum atomic E-state index is -0.322. The molecule has 0 bridgehead atoms. The summed E-state index contributed by atoms with van der Waals surface area (Å²) in [5.41, 5.74) is 4.59. The summed E-state index contributed by atoms with van der Waals surface area (Å²) in [5, 5.41) is 4.35. The predicted molar refractivity (Wildman–Crippen MR) is 107 cm³/mol. The normalized spacial score (nSPS) is 21.0. The first-order valence-corrected chi connectivity index (χ1v) is 9.49. The van der Waals surface area contributed by atoms with Gasteiger partial charge in [-0.3, -0.25) is 0 Å². The number of ether oxygens (including phenoxy) is 2. The molecule has 2 N–H and O–H groups in total. The maximum Gasteiger partial charge on any atom is 0.145 e. The maximum absolute atomic E-state index is 14.1. The zero-order chi connectivity index (χ0) is 19.3. The van der Waals surface area contributed by atoms with Crippen LogP contribution in [0.4, 0.5) is 4.39 Å². The van der Waals surface area contributed by atoms with Gasteiger partial charge in [-0.05, 0) is 54.6 Å². The van der Waals surface area contributed by atoms with Gasteiger partial charge >= 0.3 is 0 Å². The first kappa shape index (κ1) is 17.3. The van der Waals surface area contributed by atoms with Gasteiger partial charge in [0.05, 0.1) is 20.4 Å². The summed E-state index contributed by atoms with van der Waals surface area (Å²) >= 11 is 0. The first-order valence-electron chi connectivity index (χ1n) is 9.49. The molecular formula is C22H22FN3O2. The number of hydrogen-bond donors (Lipinski definition) is 2. The summed E-state index contributed by atoms with van der Waals surface area (Å²) in [5.74, 6) is 2.13. The average Bonchev–Trinajstić information content (AvgIpc) is 3.40. The van der Waals surface area contributed by atoms with Crippen LogP contribution in [0.3, 0.4) is 0 Å². The number of aromatic amines is 1. The molecule has 1 saturated heterocycles. The van der Waals surface area contributed by atoms with Gasteiger partial charge in [-0.2, -0.15) is 0 Å². The van der Waals surface area contributed by atoms with Crippen molar-refractivity contribution in [3.63, 3.8) is 0 Å². The van der Waals surface area contributed by atoms with Crippen molar-refractivity contribution >= 4 is 16.6 Å². The number of rotatable bonds is 4. The molecule has 0 amide bonds. The van der Waals surface area contributed by atoms with E-state index in [2.05, 4.69) is 27.4 Å². The second kappa shape index (κ2) is 6.63. The summed E-state index contributed by atoms with van der Waals surface area (Å²) in [6.07, 6.45) is 5.10. The number of nitrogens with one attached hydrogen (secondary N) is 2. The molecule has 3 aromatic rings. The minimum absolute atomic E-state index is 0.322. The molecule has 28 heavy (non-hydrogen) atoms. The molecule has 0 saturated carbocycles. The van der Waals surface area contributed by atoms with E-state index < -0.39 is 0 Å². The standard InChI is InChI=1S/C22H22FN3O2/c1-27-19-4-3-15(23)7-16(19)21-17-8-18(26-22(17)25-11-20(21)28-2)12-5-13-9-24-10-14(13)6-12/h3-5,7-8,11,13-14,24H,6,9-10H2,1-2H3,(H,25,26). The molecule has 5 rings (SSSR count). The van der Waals surface area contributed by atoms with Crippen molar-refractivity contribution < 1.29 is 13.9 Å². The Kier molecular flexibility index (Phi) is 4.09. The lowest BCUT2D eigenvalue weighted by Gasteiger charge is -2.13. The Labute approximate surface area is 162 Å². The predicted octanol–water partition coefficient (Wildman–Crippen LogP) is 4.01. The molecular weight excluding hydrogens is 357 g/mol. The molecule has 2 unspecified atom stereocenters. The number of allylic oxidation sites excluding steroid dienone is 1. The van der Waals surface area contributed by atoms with Crippen LogP contribution in [-0.2, 0) is 0 Å². The monoisotopic (exact) mass is 379 g/mol. The van der Waals surface area contributed by atoms with Crippen LogP contribution in [0.2, 0.25) is 0 Å². The van der Waals surface area contributed by atoms with Crippen LogP contribution in [0, 0.1) is 17.7 Å². The quantitative estimate of drug-likeness (QED) is 0.719. The fraction of sp³-hybridized carbons (Fsp3) is 0.318. The number of pyridine rings is 1. The van der Waals surface area contributed by atoms with Crippen LogP contribution in [0.15, 0.2) is 36.5 Å². The van der Waals surface area contributed by atoms with Crippen LogP contribution >= 0.6 is 0 Å². The van der Waals surface area contributed by atoms with E-state index in [-0.39, 0.29) is 5.82 Å². The Hall–Kier alpha value is -2.86. The molecule has 5 nitrogen and oxygen atoms in total. The van der Waals surface area contributed by atoms with Gasteiger partial charge in [0.1, 0.15) is 23.0 Å². The Morgan fingerprint density at radius 1 is 1.11 bits per heavy atom. The van der Waals surface area contributed by atoms with Gasteiger partial charge in [-0.25, -0.2) is 9.37 Å². The zero-order valence-electron chi connectivity index (χ0n) is 15.9. The van der Waals surface area contributed by atoms with Crippen LogP contribution in [-0.4, -0.2) is 37.3 Å². The van der Waals surface area contributed by atoms with E-state index in [0.29, 0.717) is 28.9 Å². The second-order valence-electron chi connectivity index (χ2n) is 7.47. The average molecular weight is 379 g/mol. The lowest BCUT2D eigenvalue weighted by atomic mass is 9.99. The van der Waals surface area contributed by atoms with E-state index >= 15 is 0 Å². The Morgan fingerprint density at radius 3 is 2.75 bits per heavy atom. The molecule has 0 radical (unpaired) electrons. The highest BCUT2D eigenvalue weighted by Gasteiger charge is 2.32. The zero-order valence-corrected chi connectivity index (χ0v) is 15.9. The fourth-order valence-corrected chi connectivity index (χ4v) is 4.52. The van der Waals surface area contributed by atoms with E-state index in [4.69, 9.17) is 9.47 Å². The van der Waals surface area contributed by atoms with Crippen LogP contribution in [0.5, 0.6) is 11.5 Å². The molecule has 0 spiro atoms. The smallest absolute Gasteiger partial charge is 0.145 e. The van der Waals surface area contributed by atoms with E-state index in [1.165, 1.54) is 17.7 Å². The van der Waals surface area contributed by atoms with Crippen molar-refractivity contribution in [3.05, 3.63) is 48.0 Å². The highest BCUT2D eigenvalue weighted by Crippen LogP contribution is 2.43. The first-order chi connectivity index (χ1) is 13.7. The highest BCUT2D eigenvalue weighted by atomic mass is 19.1. The summed E-state index contributed by atoms with van der Waals surface area (Å²) in [6, 6.07) is 6.61. The number of hydrogen-bond acceptors (Lipinski definition) is 4. The molecule has 6 heteroatoms. The topological polar surface area (TPSA) is 59.2 Å². The second-order valence-corrected chi connectivity index (χ2v) is 7.47. The number of methoxy groups -OCH3 is 2. The molecule has 3 heterocycles. The molecule has 144 valence electrons. The number of aromatic nitrogens is 2. The summed E-state index contributed by atoms with van der Waals surface area (Å²) in [7, 11) is 3.18. The summed E-state index contributed by atoms with van der Waals surface area (Å²) in [6.45, 7) is 2.12. The number of halogens is 1. The third-order valence-electron chi connectivity index (χ3n) is 5.91. The van der Waals surface area contributed by atoms with Gasteiger partial charge in [0.25, 0.3) is 0 Å². The van der Waals surface area contributed by atoms with Crippen molar-refractivity contribution in [3.8, 4) is 22.6 Å². The van der Waals surface area contributed by atoms with E-state index in [1.807, 2.05) is 0 Å². The van der Waals surface area contributed by atoms with Gasteiger partial charge in [0.2, 0.25) is 0 Å². The fourth-order valence-electron chi connectivity index (χ4n) is 4.52. The van der Waals surface area contributed by atoms with Gasteiger partial charge < -0.3 is 19.8 Å². The Balaban J connectivity index is 1.69. The molecule has 1 fully saturated rings. The largest absolute Gasteiger partial charge is 0.496 e. The van der Waals surface area contributed by atoms with Crippen LogP contribution in [0.25, 0.3) is 27.7 Å². The van der Waals surface area contributed by atoms with E-state index in [0.717, 1.165) is 41.8 Å². The number of fused-ring (bicyclic) bond motifs is 2. The molecule has 1 aromatic carbocycles. The summed E-state index contributed by atoms with van der Waals surface area (Å²) in [4.78, 5) is 7.98. The number of nitrogens with zero attached hydrogens (tertiary/aromatic N) is 1. The third-order valence-corrected chi connectivity index (χ3v) is 5.91. The Bertz CT molecular complexity index is 1090.